The maximum atomic E-state index is 11.2. The van der Waals surface area contributed by atoms with Gasteiger partial charge in [-0.15, -0.1) is 0 Å². The molecule has 100 valence electrons. The van der Waals surface area contributed by atoms with Crippen molar-refractivity contribution in [2.75, 3.05) is 12.8 Å². The van der Waals surface area contributed by atoms with Crippen LogP contribution in [0.3, 0.4) is 0 Å². The monoisotopic (exact) mass is 261 g/mol. The predicted octanol–water partition coefficient (Wildman–Crippen LogP) is 1.30. The van der Waals surface area contributed by atoms with Crippen LogP contribution in [0.25, 0.3) is 0 Å². The van der Waals surface area contributed by atoms with Crippen molar-refractivity contribution in [3.05, 3.63) is 41.1 Å². The predicted molar refractivity (Wildman–Crippen MR) is 70.4 cm³/mol. The van der Waals surface area contributed by atoms with Crippen molar-refractivity contribution < 1.29 is 14.6 Å². The fraction of sp³-hybridized carbons (Fsp3) is 0.231. The first-order chi connectivity index (χ1) is 9.02. The molecule has 0 spiro atoms. The minimum Gasteiger partial charge on any atom is -0.497 e. The summed E-state index contributed by atoms with van der Waals surface area (Å²) in [7, 11) is 3.21. The molecular weight excluding hydrogens is 246 g/mol. The molecule has 0 amide bonds. The number of nitrogens with two attached hydrogens (primary N) is 1. The molecule has 2 rings (SSSR count). The molecule has 0 atom stereocenters. The lowest BCUT2D eigenvalue weighted by molar-refractivity contribution is 0.0697. The van der Waals surface area contributed by atoms with E-state index in [-0.39, 0.29) is 11.4 Å². The second-order valence-electron chi connectivity index (χ2n) is 4.16. The Kier molecular flexibility index (Phi) is 3.41. The number of ether oxygens (including phenoxy) is 1. The number of carboxylic acids is 1. The Labute approximate surface area is 110 Å². The lowest BCUT2D eigenvalue weighted by atomic mass is 10.1. The van der Waals surface area contributed by atoms with Gasteiger partial charge in [0.1, 0.15) is 17.1 Å². The summed E-state index contributed by atoms with van der Waals surface area (Å²) in [5.41, 5.74) is 7.13. The zero-order valence-corrected chi connectivity index (χ0v) is 10.8. The van der Waals surface area contributed by atoms with Crippen molar-refractivity contribution in [1.29, 1.82) is 0 Å². The van der Waals surface area contributed by atoms with Crippen LogP contribution < -0.4 is 10.5 Å². The van der Waals surface area contributed by atoms with E-state index in [9.17, 15) is 9.90 Å². The van der Waals surface area contributed by atoms with Crippen molar-refractivity contribution in [3.63, 3.8) is 0 Å². The molecular formula is C13H15N3O3. The molecule has 0 aliphatic heterocycles. The fourth-order valence-corrected chi connectivity index (χ4v) is 1.93. The van der Waals surface area contributed by atoms with Crippen LogP contribution in [0.5, 0.6) is 5.75 Å². The van der Waals surface area contributed by atoms with Gasteiger partial charge in [-0.1, -0.05) is 12.1 Å². The molecule has 6 nitrogen and oxygen atoms in total. The highest BCUT2D eigenvalue weighted by Crippen LogP contribution is 2.21. The SMILES string of the molecule is COc1cccc(Cc2nn(C)c(N)c2C(=O)O)c1. The van der Waals surface area contributed by atoms with Gasteiger partial charge in [0.15, 0.2) is 0 Å². The van der Waals surface area contributed by atoms with E-state index in [0.717, 1.165) is 11.3 Å². The first-order valence-electron chi connectivity index (χ1n) is 5.70. The fourth-order valence-electron chi connectivity index (χ4n) is 1.93. The van der Waals surface area contributed by atoms with E-state index >= 15 is 0 Å². The van der Waals surface area contributed by atoms with Gasteiger partial charge in [0.25, 0.3) is 0 Å². The highest BCUT2D eigenvalue weighted by molar-refractivity contribution is 5.94. The number of hydrogen-bond acceptors (Lipinski definition) is 4. The molecule has 19 heavy (non-hydrogen) atoms. The second-order valence-corrected chi connectivity index (χ2v) is 4.16. The van der Waals surface area contributed by atoms with Gasteiger partial charge in [-0.3, -0.25) is 4.68 Å². The molecule has 6 heteroatoms. The number of hydrogen-bond donors (Lipinski definition) is 2. The zero-order valence-electron chi connectivity index (χ0n) is 10.8. The first kappa shape index (κ1) is 12.9. The average molecular weight is 261 g/mol. The first-order valence-corrected chi connectivity index (χ1v) is 5.70. The maximum absolute atomic E-state index is 11.2. The number of aryl methyl sites for hydroxylation is 1. The second kappa shape index (κ2) is 5.01. The van der Waals surface area contributed by atoms with Crippen molar-refractivity contribution in [3.8, 4) is 5.75 Å². The molecule has 0 saturated heterocycles. The van der Waals surface area contributed by atoms with Crippen LogP contribution in [-0.4, -0.2) is 28.0 Å². The minimum atomic E-state index is -1.07. The molecule has 0 unspecified atom stereocenters. The summed E-state index contributed by atoms with van der Waals surface area (Å²) < 4.78 is 6.51. The van der Waals surface area contributed by atoms with E-state index in [1.807, 2.05) is 24.3 Å². The lowest BCUT2D eigenvalue weighted by Gasteiger charge is -2.03. The summed E-state index contributed by atoms with van der Waals surface area (Å²) in [6, 6.07) is 7.41. The van der Waals surface area contributed by atoms with E-state index in [0.29, 0.717) is 12.1 Å². The minimum absolute atomic E-state index is 0.0605. The normalized spacial score (nSPS) is 10.4. The summed E-state index contributed by atoms with van der Waals surface area (Å²) in [5, 5.41) is 13.3. The molecule has 2 aromatic rings. The quantitative estimate of drug-likeness (QED) is 0.865. The summed E-state index contributed by atoms with van der Waals surface area (Å²) in [5.74, 6) is -0.188. The third kappa shape index (κ3) is 2.52. The lowest BCUT2D eigenvalue weighted by Crippen LogP contribution is -2.05. The van der Waals surface area contributed by atoms with Crippen molar-refractivity contribution >= 4 is 11.8 Å². The number of nitrogens with zero attached hydrogens (tertiary/aromatic N) is 2. The molecule has 1 aromatic heterocycles. The molecule has 0 radical (unpaired) electrons. The van der Waals surface area contributed by atoms with Crippen LogP contribution in [-0.2, 0) is 13.5 Å². The van der Waals surface area contributed by atoms with Gasteiger partial charge in [-0.2, -0.15) is 5.10 Å². The third-order valence-corrected chi connectivity index (χ3v) is 2.88. The highest BCUT2D eigenvalue weighted by Gasteiger charge is 2.20. The largest absolute Gasteiger partial charge is 0.497 e. The molecule has 0 aliphatic rings. The van der Waals surface area contributed by atoms with Crippen LogP contribution >= 0.6 is 0 Å². The Morgan fingerprint density at radius 1 is 1.53 bits per heavy atom. The van der Waals surface area contributed by atoms with E-state index in [2.05, 4.69) is 5.10 Å². The van der Waals surface area contributed by atoms with E-state index in [1.165, 1.54) is 4.68 Å². The van der Waals surface area contributed by atoms with E-state index in [1.54, 1.807) is 14.2 Å². The number of aromatic nitrogens is 2. The van der Waals surface area contributed by atoms with Crippen LogP contribution in [0.4, 0.5) is 5.82 Å². The topological polar surface area (TPSA) is 90.4 Å². The zero-order chi connectivity index (χ0) is 14.0. The number of methoxy groups -OCH3 is 1. The van der Waals surface area contributed by atoms with Gasteiger partial charge in [-0.25, -0.2) is 4.79 Å². The average Bonchev–Trinajstić information content (AvgIpc) is 2.65. The molecule has 1 heterocycles. The van der Waals surface area contributed by atoms with E-state index < -0.39 is 5.97 Å². The van der Waals surface area contributed by atoms with Gasteiger partial charge in [0.05, 0.1) is 12.8 Å². The Balaban J connectivity index is 2.37. The van der Waals surface area contributed by atoms with Gasteiger partial charge >= 0.3 is 5.97 Å². The van der Waals surface area contributed by atoms with Crippen LogP contribution in [0.2, 0.25) is 0 Å². The number of nitrogen functional groups attached to an aromatic ring is 1. The number of rotatable bonds is 4. The summed E-state index contributed by atoms with van der Waals surface area (Å²) in [6.45, 7) is 0. The summed E-state index contributed by atoms with van der Waals surface area (Å²) in [4.78, 5) is 11.2. The van der Waals surface area contributed by atoms with Gasteiger partial charge in [0, 0.05) is 13.5 Å². The number of anilines is 1. The van der Waals surface area contributed by atoms with Crippen LogP contribution in [0, 0.1) is 0 Å². The number of carboxylic acid groups (broad SMARTS) is 1. The van der Waals surface area contributed by atoms with E-state index in [4.69, 9.17) is 10.5 Å². The van der Waals surface area contributed by atoms with Crippen LogP contribution in [0.15, 0.2) is 24.3 Å². The number of carbonyl (C=O) groups is 1. The molecule has 0 fully saturated rings. The van der Waals surface area contributed by atoms with Gasteiger partial charge in [0.2, 0.25) is 0 Å². The molecule has 0 aliphatic carbocycles. The summed E-state index contributed by atoms with van der Waals surface area (Å²) >= 11 is 0. The molecule has 3 N–H and O–H groups in total. The Hall–Kier alpha value is -2.50. The van der Waals surface area contributed by atoms with Crippen LogP contribution in [0.1, 0.15) is 21.6 Å². The maximum Gasteiger partial charge on any atom is 0.341 e. The Bertz CT molecular complexity index is 620. The number of benzene rings is 1. The van der Waals surface area contributed by atoms with Crippen molar-refractivity contribution in [1.82, 2.24) is 9.78 Å². The van der Waals surface area contributed by atoms with Crippen molar-refractivity contribution in [2.24, 2.45) is 7.05 Å². The molecule has 0 saturated carbocycles. The third-order valence-electron chi connectivity index (χ3n) is 2.88. The molecule has 1 aromatic carbocycles. The number of aromatic carboxylic acids is 1. The Morgan fingerprint density at radius 3 is 2.89 bits per heavy atom. The van der Waals surface area contributed by atoms with Gasteiger partial charge in [-0.05, 0) is 17.7 Å². The smallest absolute Gasteiger partial charge is 0.341 e. The van der Waals surface area contributed by atoms with Gasteiger partial charge < -0.3 is 15.6 Å². The Morgan fingerprint density at radius 2 is 2.26 bits per heavy atom. The standard InChI is InChI=1S/C13H15N3O3/c1-16-12(14)11(13(17)18)10(15-16)7-8-4-3-5-9(6-8)19-2/h3-6H,7,14H2,1-2H3,(H,17,18). The highest BCUT2D eigenvalue weighted by atomic mass is 16.5. The van der Waals surface area contributed by atoms with Crippen molar-refractivity contribution in [2.45, 2.75) is 6.42 Å². The summed E-state index contributed by atoms with van der Waals surface area (Å²) in [6.07, 6.45) is 0.393. The molecule has 0 bridgehead atoms.